The molecule has 0 saturated carbocycles. The maximum absolute atomic E-state index is 13.3. The number of hydrogen-bond acceptors (Lipinski definition) is 4. The number of benzene rings is 1. The fourth-order valence-corrected chi connectivity index (χ4v) is 1.69. The van der Waals surface area contributed by atoms with E-state index >= 15 is 0 Å². The number of nitrogens with zero attached hydrogens (tertiary/aromatic N) is 1. The van der Waals surface area contributed by atoms with Crippen LogP contribution in [0.1, 0.15) is 13.8 Å². The molecule has 0 bridgehead atoms. The first kappa shape index (κ1) is 13.9. The first-order chi connectivity index (χ1) is 9.40. The molecule has 0 atom stereocenters. The molecule has 7 heteroatoms. The van der Waals surface area contributed by atoms with Gasteiger partial charge in [-0.2, -0.15) is 4.39 Å². The SMILES string of the molecule is CC(C)Oc1ccc(-n2c(O)c(F)c(=O)[nH]c2=O)cc1. The zero-order valence-electron chi connectivity index (χ0n) is 10.9. The van der Waals surface area contributed by atoms with Crippen molar-refractivity contribution >= 4 is 0 Å². The number of H-pyrrole nitrogens is 1. The van der Waals surface area contributed by atoms with Crippen LogP contribution in [0.2, 0.25) is 0 Å². The predicted molar refractivity (Wildman–Crippen MR) is 70.0 cm³/mol. The molecule has 0 unspecified atom stereocenters. The second-order valence-electron chi connectivity index (χ2n) is 4.39. The smallest absolute Gasteiger partial charge is 0.335 e. The van der Waals surface area contributed by atoms with E-state index in [1.165, 1.54) is 12.1 Å². The lowest BCUT2D eigenvalue weighted by molar-refractivity contribution is 0.242. The summed E-state index contributed by atoms with van der Waals surface area (Å²) < 4.78 is 19.4. The monoisotopic (exact) mass is 280 g/mol. The second kappa shape index (κ2) is 5.20. The van der Waals surface area contributed by atoms with Gasteiger partial charge in [-0.1, -0.05) is 0 Å². The number of aromatic nitrogens is 2. The molecule has 0 radical (unpaired) electrons. The van der Waals surface area contributed by atoms with E-state index < -0.39 is 22.9 Å². The molecule has 2 aromatic rings. The van der Waals surface area contributed by atoms with Crippen molar-refractivity contribution in [2.75, 3.05) is 0 Å². The lowest BCUT2D eigenvalue weighted by Gasteiger charge is -2.11. The Balaban J connectivity index is 2.50. The Labute approximate surface area is 113 Å². The van der Waals surface area contributed by atoms with Crippen molar-refractivity contribution in [2.45, 2.75) is 20.0 Å². The Kier molecular flexibility index (Phi) is 3.60. The van der Waals surface area contributed by atoms with Gasteiger partial charge in [-0.15, -0.1) is 0 Å². The summed E-state index contributed by atoms with van der Waals surface area (Å²) in [5, 5.41) is 9.56. The van der Waals surface area contributed by atoms with Gasteiger partial charge in [0, 0.05) is 0 Å². The molecule has 6 nitrogen and oxygen atoms in total. The van der Waals surface area contributed by atoms with Crippen molar-refractivity contribution in [3.8, 4) is 17.3 Å². The lowest BCUT2D eigenvalue weighted by atomic mass is 10.3. The van der Waals surface area contributed by atoms with Crippen LogP contribution in [0, 0.1) is 5.82 Å². The molecule has 20 heavy (non-hydrogen) atoms. The number of hydrogen-bond donors (Lipinski definition) is 2. The number of aromatic amines is 1. The average Bonchev–Trinajstić information content (AvgIpc) is 2.37. The van der Waals surface area contributed by atoms with Gasteiger partial charge in [0.25, 0.3) is 5.56 Å². The third-order valence-corrected chi connectivity index (χ3v) is 2.50. The number of aromatic hydroxyl groups is 1. The molecule has 1 aromatic heterocycles. The summed E-state index contributed by atoms with van der Waals surface area (Å²) in [5.41, 5.74) is -1.98. The van der Waals surface area contributed by atoms with Gasteiger partial charge in [-0.05, 0) is 38.1 Å². The fourth-order valence-electron chi connectivity index (χ4n) is 1.69. The summed E-state index contributed by atoms with van der Waals surface area (Å²) in [6.45, 7) is 3.73. The Morgan fingerprint density at radius 3 is 2.40 bits per heavy atom. The zero-order chi connectivity index (χ0) is 14.9. The summed E-state index contributed by atoms with van der Waals surface area (Å²) in [6, 6.07) is 6.08. The zero-order valence-corrected chi connectivity index (χ0v) is 10.9. The number of ether oxygens (including phenoxy) is 1. The molecular formula is C13H13FN2O4. The minimum atomic E-state index is -1.41. The molecule has 0 spiro atoms. The first-order valence-electron chi connectivity index (χ1n) is 5.91. The highest BCUT2D eigenvalue weighted by molar-refractivity contribution is 5.39. The van der Waals surface area contributed by atoms with E-state index in [-0.39, 0.29) is 11.8 Å². The van der Waals surface area contributed by atoms with E-state index in [4.69, 9.17) is 4.74 Å². The Morgan fingerprint density at radius 1 is 1.25 bits per heavy atom. The summed E-state index contributed by atoms with van der Waals surface area (Å²) in [6.07, 6.45) is -0.0116. The van der Waals surface area contributed by atoms with Crippen molar-refractivity contribution in [1.82, 2.24) is 9.55 Å². The number of rotatable bonds is 3. The van der Waals surface area contributed by atoms with Crippen LogP contribution < -0.4 is 16.0 Å². The molecule has 0 aliphatic heterocycles. The highest BCUT2D eigenvalue weighted by atomic mass is 19.1. The van der Waals surface area contributed by atoms with Gasteiger partial charge in [-0.25, -0.2) is 9.36 Å². The van der Waals surface area contributed by atoms with Gasteiger partial charge in [0.05, 0.1) is 11.8 Å². The third-order valence-electron chi connectivity index (χ3n) is 2.50. The van der Waals surface area contributed by atoms with Crippen LogP contribution >= 0.6 is 0 Å². The third kappa shape index (κ3) is 2.56. The molecule has 1 aromatic carbocycles. The van der Waals surface area contributed by atoms with E-state index in [1.54, 1.807) is 17.1 Å². The molecular weight excluding hydrogens is 267 g/mol. The highest BCUT2D eigenvalue weighted by Crippen LogP contribution is 2.19. The predicted octanol–water partition coefficient (Wildman–Crippen LogP) is 1.16. The molecule has 0 aliphatic rings. The summed E-state index contributed by atoms with van der Waals surface area (Å²) in [5.74, 6) is -1.87. The largest absolute Gasteiger partial charge is 0.492 e. The van der Waals surface area contributed by atoms with Crippen LogP contribution in [0.4, 0.5) is 4.39 Å². The molecule has 2 rings (SSSR count). The first-order valence-corrected chi connectivity index (χ1v) is 5.91. The van der Waals surface area contributed by atoms with Crippen molar-refractivity contribution < 1.29 is 14.2 Å². The van der Waals surface area contributed by atoms with Crippen LogP contribution in [-0.4, -0.2) is 20.8 Å². The molecule has 0 fully saturated rings. The van der Waals surface area contributed by atoms with E-state index in [9.17, 15) is 19.1 Å². The molecule has 0 aliphatic carbocycles. The normalized spacial score (nSPS) is 10.8. The number of nitrogens with one attached hydrogen (secondary N) is 1. The van der Waals surface area contributed by atoms with Crippen LogP contribution in [0.3, 0.4) is 0 Å². The number of halogens is 1. The molecule has 0 amide bonds. The van der Waals surface area contributed by atoms with Gasteiger partial charge in [0.1, 0.15) is 5.75 Å². The van der Waals surface area contributed by atoms with E-state index in [0.29, 0.717) is 10.3 Å². The van der Waals surface area contributed by atoms with Crippen molar-refractivity contribution in [2.24, 2.45) is 0 Å². The maximum Gasteiger partial charge on any atom is 0.335 e. The molecule has 2 N–H and O–H groups in total. The van der Waals surface area contributed by atoms with E-state index in [1.807, 2.05) is 13.8 Å². The Bertz CT molecular complexity index is 732. The van der Waals surface area contributed by atoms with Crippen LogP contribution in [0.5, 0.6) is 11.6 Å². The van der Waals surface area contributed by atoms with Gasteiger partial charge >= 0.3 is 5.69 Å². The summed E-state index contributed by atoms with van der Waals surface area (Å²) >= 11 is 0. The van der Waals surface area contributed by atoms with Crippen LogP contribution in [-0.2, 0) is 0 Å². The average molecular weight is 280 g/mol. The second-order valence-corrected chi connectivity index (χ2v) is 4.39. The van der Waals surface area contributed by atoms with E-state index in [2.05, 4.69) is 0 Å². The minimum absolute atomic E-state index is 0.0116. The van der Waals surface area contributed by atoms with Crippen LogP contribution in [0.25, 0.3) is 5.69 Å². The Hall–Kier alpha value is -2.57. The maximum atomic E-state index is 13.3. The highest BCUT2D eigenvalue weighted by Gasteiger charge is 2.15. The minimum Gasteiger partial charge on any atom is -0.492 e. The lowest BCUT2D eigenvalue weighted by Crippen LogP contribution is -2.30. The summed E-state index contributed by atoms with van der Waals surface area (Å²) in [7, 11) is 0. The molecule has 0 saturated heterocycles. The van der Waals surface area contributed by atoms with Gasteiger partial charge in [0.15, 0.2) is 0 Å². The van der Waals surface area contributed by atoms with Gasteiger partial charge in [0.2, 0.25) is 11.7 Å². The standard InChI is InChI=1S/C13H13FN2O4/c1-7(2)20-9-5-3-8(4-6-9)16-12(18)10(14)11(17)15-13(16)19/h3-7,18H,1-2H3,(H,15,17,19). The topological polar surface area (TPSA) is 84.3 Å². The van der Waals surface area contributed by atoms with E-state index in [0.717, 1.165) is 0 Å². The van der Waals surface area contributed by atoms with Crippen molar-refractivity contribution in [1.29, 1.82) is 0 Å². The fraction of sp³-hybridized carbons (Fsp3) is 0.231. The van der Waals surface area contributed by atoms with Gasteiger partial charge < -0.3 is 9.84 Å². The molecule has 106 valence electrons. The van der Waals surface area contributed by atoms with Crippen LogP contribution in [0.15, 0.2) is 33.9 Å². The van der Waals surface area contributed by atoms with Gasteiger partial charge in [-0.3, -0.25) is 9.78 Å². The Morgan fingerprint density at radius 2 is 1.85 bits per heavy atom. The van der Waals surface area contributed by atoms with Crippen molar-refractivity contribution in [3.63, 3.8) is 0 Å². The quantitative estimate of drug-likeness (QED) is 0.883. The summed E-state index contributed by atoms with van der Waals surface area (Å²) in [4.78, 5) is 24.4. The molecule has 1 heterocycles. The van der Waals surface area contributed by atoms with Crippen molar-refractivity contribution in [3.05, 3.63) is 50.9 Å².